The summed E-state index contributed by atoms with van der Waals surface area (Å²) in [7, 11) is 0. The second kappa shape index (κ2) is 15.5. The molecular formula is C26H38FN5O6. The van der Waals surface area contributed by atoms with Gasteiger partial charge in [-0.15, -0.1) is 0 Å². The molecule has 0 bridgehead atoms. The van der Waals surface area contributed by atoms with Gasteiger partial charge in [-0.3, -0.25) is 24.0 Å². The lowest BCUT2D eigenvalue weighted by Gasteiger charge is -2.25. The van der Waals surface area contributed by atoms with Gasteiger partial charge in [-0.1, -0.05) is 13.8 Å². The normalized spacial score (nSPS) is 18.3. The fraction of sp³-hybridized carbons (Fsp3) is 0.577. The first kappa shape index (κ1) is 30.5. The fourth-order valence-electron chi connectivity index (χ4n) is 3.84. The third-order valence-electron chi connectivity index (χ3n) is 5.97. The van der Waals surface area contributed by atoms with E-state index in [2.05, 4.69) is 16.0 Å². The van der Waals surface area contributed by atoms with Crippen LogP contribution in [0.15, 0.2) is 18.2 Å². The SMILES string of the molecule is CC(C)CCC(=O)N1CCCC(=O)NCCOc2ccc(F)cc2C(=O)N[C@@H](CCC(N)=O)C(=O)NCC1. The minimum absolute atomic E-state index is 0.0169. The molecule has 1 aromatic carbocycles. The number of carbonyl (C=O) groups is 5. The van der Waals surface area contributed by atoms with Crippen LogP contribution in [0.25, 0.3) is 0 Å². The maximum atomic E-state index is 13.9. The van der Waals surface area contributed by atoms with E-state index in [4.69, 9.17) is 10.5 Å². The number of amides is 5. The zero-order valence-corrected chi connectivity index (χ0v) is 22.0. The standard InChI is InChI=1S/C26H38FN5O6/c1-17(2)5-10-24(35)32-13-3-4-23(34)29-12-15-38-21-8-6-18(27)16-19(21)25(36)31-20(7-9-22(28)33)26(37)30-11-14-32/h6,8,16-17,20H,3-5,7,9-15H2,1-2H3,(H2,28,33)(H,29,34)(H,30,37)(H,31,36)/t20-/m0/s1. The monoisotopic (exact) mass is 535 g/mol. The van der Waals surface area contributed by atoms with Crippen molar-refractivity contribution in [2.45, 2.75) is 58.4 Å². The Morgan fingerprint density at radius 1 is 1.13 bits per heavy atom. The number of hydrogen-bond donors (Lipinski definition) is 4. The van der Waals surface area contributed by atoms with Crippen LogP contribution in [0, 0.1) is 11.7 Å². The van der Waals surface area contributed by atoms with Gasteiger partial charge in [-0.2, -0.15) is 0 Å². The third-order valence-corrected chi connectivity index (χ3v) is 5.97. The molecule has 1 aliphatic rings. The van der Waals surface area contributed by atoms with Crippen molar-refractivity contribution >= 4 is 29.5 Å². The minimum Gasteiger partial charge on any atom is -0.491 e. The number of nitrogens with one attached hydrogen (secondary N) is 3. The van der Waals surface area contributed by atoms with Crippen LogP contribution in [-0.2, 0) is 19.2 Å². The molecular weight excluding hydrogens is 497 g/mol. The number of halogens is 1. The Kier molecular flexibility index (Phi) is 12.5. The first-order valence-corrected chi connectivity index (χ1v) is 12.9. The molecule has 1 atom stereocenters. The summed E-state index contributed by atoms with van der Waals surface area (Å²) in [4.78, 5) is 63.9. The van der Waals surface area contributed by atoms with Crippen molar-refractivity contribution in [2.75, 3.05) is 32.8 Å². The first-order valence-electron chi connectivity index (χ1n) is 12.9. The second-order valence-electron chi connectivity index (χ2n) is 9.58. The number of carbonyl (C=O) groups excluding carboxylic acids is 5. The van der Waals surface area contributed by atoms with Gasteiger partial charge in [0.2, 0.25) is 23.6 Å². The summed E-state index contributed by atoms with van der Waals surface area (Å²) in [6.45, 7) is 4.86. The Labute approximate surface area is 222 Å². The van der Waals surface area contributed by atoms with E-state index < -0.39 is 29.6 Å². The summed E-state index contributed by atoms with van der Waals surface area (Å²) >= 11 is 0. The van der Waals surface area contributed by atoms with Crippen LogP contribution < -0.4 is 26.4 Å². The highest BCUT2D eigenvalue weighted by molar-refractivity contribution is 5.99. The summed E-state index contributed by atoms with van der Waals surface area (Å²) in [6, 6.07) is 2.26. The molecule has 0 aliphatic carbocycles. The van der Waals surface area contributed by atoms with Gasteiger partial charge >= 0.3 is 0 Å². The summed E-state index contributed by atoms with van der Waals surface area (Å²) in [5.74, 6) is -2.55. The topological polar surface area (TPSA) is 160 Å². The second-order valence-corrected chi connectivity index (χ2v) is 9.58. The highest BCUT2D eigenvalue weighted by atomic mass is 19.1. The van der Waals surface area contributed by atoms with E-state index in [0.29, 0.717) is 31.7 Å². The van der Waals surface area contributed by atoms with Crippen molar-refractivity contribution in [2.24, 2.45) is 11.7 Å². The van der Waals surface area contributed by atoms with E-state index in [-0.39, 0.29) is 68.6 Å². The maximum absolute atomic E-state index is 13.9. The highest BCUT2D eigenvalue weighted by Gasteiger charge is 2.25. The fourth-order valence-corrected chi connectivity index (χ4v) is 3.84. The average molecular weight is 536 g/mol. The molecule has 0 fully saturated rings. The van der Waals surface area contributed by atoms with Crippen molar-refractivity contribution in [3.05, 3.63) is 29.6 Å². The van der Waals surface area contributed by atoms with E-state index in [1.165, 1.54) is 6.07 Å². The Morgan fingerprint density at radius 3 is 2.61 bits per heavy atom. The number of nitrogens with zero attached hydrogens (tertiary/aromatic N) is 1. The van der Waals surface area contributed by atoms with Crippen LogP contribution in [-0.4, -0.2) is 73.3 Å². The molecule has 0 radical (unpaired) electrons. The molecule has 0 unspecified atom stereocenters. The smallest absolute Gasteiger partial charge is 0.255 e. The van der Waals surface area contributed by atoms with E-state index in [1.807, 2.05) is 13.8 Å². The number of fused-ring (bicyclic) bond motifs is 1. The molecule has 0 saturated heterocycles. The molecule has 38 heavy (non-hydrogen) atoms. The van der Waals surface area contributed by atoms with E-state index >= 15 is 0 Å². The van der Waals surface area contributed by atoms with Crippen LogP contribution in [0.4, 0.5) is 4.39 Å². The van der Waals surface area contributed by atoms with Gasteiger partial charge < -0.3 is 31.3 Å². The van der Waals surface area contributed by atoms with Crippen molar-refractivity contribution in [1.29, 1.82) is 0 Å². The van der Waals surface area contributed by atoms with Gasteiger partial charge in [-0.25, -0.2) is 4.39 Å². The van der Waals surface area contributed by atoms with Crippen LogP contribution in [0.3, 0.4) is 0 Å². The van der Waals surface area contributed by atoms with Crippen molar-refractivity contribution in [1.82, 2.24) is 20.9 Å². The van der Waals surface area contributed by atoms with E-state index in [0.717, 1.165) is 12.1 Å². The number of benzene rings is 1. The number of hydrogen-bond acceptors (Lipinski definition) is 6. The lowest BCUT2D eigenvalue weighted by molar-refractivity contribution is -0.132. The lowest BCUT2D eigenvalue weighted by atomic mass is 10.1. The molecule has 2 rings (SSSR count). The van der Waals surface area contributed by atoms with Crippen molar-refractivity contribution < 1.29 is 33.1 Å². The van der Waals surface area contributed by atoms with Crippen LogP contribution >= 0.6 is 0 Å². The molecule has 0 spiro atoms. The molecule has 1 aliphatic heterocycles. The zero-order valence-electron chi connectivity index (χ0n) is 22.0. The molecule has 0 aromatic heterocycles. The molecule has 210 valence electrons. The minimum atomic E-state index is -1.13. The molecule has 0 saturated carbocycles. The van der Waals surface area contributed by atoms with Crippen LogP contribution in [0.5, 0.6) is 5.75 Å². The summed E-state index contributed by atoms with van der Waals surface area (Å²) in [6.07, 6.45) is 1.47. The highest BCUT2D eigenvalue weighted by Crippen LogP contribution is 2.20. The van der Waals surface area contributed by atoms with Gasteiger partial charge in [0.1, 0.15) is 24.2 Å². The number of ether oxygens (including phenoxy) is 1. The molecule has 11 nitrogen and oxygen atoms in total. The predicted molar refractivity (Wildman–Crippen MR) is 137 cm³/mol. The molecule has 5 amide bonds. The zero-order chi connectivity index (χ0) is 28.1. The van der Waals surface area contributed by atoms with Crippen molar-refractivity contribution in [3.63, 3.8) is 0 Å². The number of rotatable bonds is 6. The third kappa shape index (κ3) is 10.7. The van der Waals surface area contributed by atoms with Gasteiger partial charge in [0.15, 0.2) is 0 Å². The molecule has 5 N–H and O–H groups in total. The van der Waals surface area contributed by atoms with E-state index in [9.17, 15) is 28.4 Å². The Balaban J connectivity index is 2.23. The van der Waals surface area contributed by atoms with Gasteiger partial charge in [0.25, 0.3) is 5.91 Å². The Bertz CT molecular complexity index is 1000. The lowest BCUT2D eigenvalue weighted by Crippen LogP contribution is -2.49. The summed E-state index contributed by atoms with van der Waals surface area (Å²) in [5.41, 5.74) is 5.10. The van der Waals surface area contributed by atoms with Crippen LogP contribution in [0.2, 0.25) is 0 Å². The van der Waals surface area contributed by atoms with E-state index in [1.54, 1.807) is 4.90 Å². The largest absolute Gasteiger partial charge is 0.491 e. The molecule has 12 heteroatoms. The first-order chi connectivity index (χ1) is 18.1. The van der Waals surface area contributed by atoms with Gasteiger partial charge in [-0.05, 0) is 43.4 Å². The van der Waals surface area contributed by atoms with Crippen LogP contribution in [0.1, 0.15) is 62.7 Å². The Morgan fingerprint density at radius 2 is 1.89 bits per heavy atom. The quantitative estimate of drug-likeness (QED) is 0.423. The summed E-state index contributed by atoms with van der Waals surface area (Å²) in [5, 5.41) is 7.94. The maximum Gasteiger partial charge on any atom is 0.255 e. The average Bonchev–Trinajstić information content (AvgIpc) is 2.86. The molecule has 1 aromatic rings. The number of primary amides is 1. The molecule has 1 heterocycles. The number of nitrogens with two attached hydrogens (primary N) is 1. The van der Waals surface area contributed by atoms with Gasteiger partial charge in [0, 0.05) is 38.9 Å². The van der Waals surface area contributed by atoms with Crippen molar-refractivity contribution in [3.8, 4) is 5.75 Å². The summed E-state index contributed by atoms with van der Waals surface area (Å²) < 4.78 is 19.5. The Hall–Kier alpha value is -3.70. The predicted octanol–water partition coefficient (Wildman–Crippen LogP) is 0.859. The van der Waals surface area contributed by atoms with Gasteiger partial charge in [0.05, 0.1) is 12.1 Å².